The van der Waals surface area contributed by atoms with E-state index < -0.39 is 0 Å². The number of benzene rings is 2. The van der Waals surface area contributed by atoms with Crippen LogP contribution < -0.4 is 15.2 Å². The van der Waals surface area contributed by atoms with E-state index >= 15 is 0 Å². The molecule has 0 aliphatic heterocycles. The third kappa shape index (κ3) is 3.52. The molecule has 2 aromatic rings. The number of nitrogens with two attached hydrogens (primary N) is 1. The first-order valence-electron chi connectivity index (χ1n) is 6.36. The Morgan fingerprint density at radius 3 is 2.60 bits per heavy atom. The second-order valence-corrected chi connectivity index (χ2v) is 5.46. The first-order valence-corrected chi connectivity index (χ1v) is 7.15. The molecule has 0 amide bonds. The van der Waals surface area contributed by atoms with Crippen LogP contribution in [0.4, 0.5) is 0 Å². The fourth-order valence-corrected chi connectivity index (χ4v) is 2.54. The molecule has 0 bridgehead atoms. The molecule has 0 aromatic heterocycles. The maximum atomic E-state index is 6.30. The average Bonchev–Trinajstić information content (AvgIpc) is 2.47. The van der Waals surface area contributed by atoms with Crippen molar-refractivity contribution < 1.29 is 9.47 Å². The molecular formula is C16H18BrNO2. The van der Waals surface area contributed by atoms with Crippen molar-refractivity contribution in [2.45, 2.75) is 12.5 Å². The Hall–Kier alpha value is -1.52. The third-order valence-electron chi connectivity index (χ3n) is 3.20. The highest BCUT2D eigenvalue weighted by Gasteiger charge is 2.12. The average molecular weight is 336 g/mol. The van der Waals surface area contributed by atoms with Crippen LogP contribution in [-0.2, 0) is 6.42 Å². The topological polar surface area (TPSA) is 44.5 Å². The van der Waals surface area contributed by atoms with Crippen LogP contribution in [0, 0.1) is 0 Å². The van der Waals surface area contributed by atoms with Gasteiger partial charge in [0.05, 0.1) is 14.2 Å². The Kier molecular flexibility index (Phi) is 5.04. The summed E-state index contributed by atoms with van der Waals surface area (Å²) in [7, 11) is 3.33. The summed E-state index contributed by atoms with van der Waals surface area (Å²) in [5.41, 5.74) is 8.43. The highest BCUT2D eigenvalue weighted by atomic mass is 79.9. The molecular weight excluding hydrogens is 318 g/mol. The molecule has 2 aromatic carbocycles. The Balaban J connectivity index is 2.22. The second kappa shape index (κ2) is 6.77. The molecule has 0 fully saturated rings. The van der Waals surface area contributed by atoms with Gasteiger partial charge in [-0.2, -0.15) is 0 Å². The largest absolute Gasteiger partial charge is 0.497 e. The summed E-state index contributed by atoms with van der Waals surface area (Å²) in [6, 6.07) is 13.7. The molecule has 20 heavy (non-hydrogen) atoms. The lowest BCUT2D eigenvalue weighted by Crippen LogP contribution is -2.14. The van der Waals surface area contributed by atoms with Crippen molar-refractivity contribution in [3.05, 3.63) is 58.1 Å². The van der Waals surface area contributed by atoms with Gasteiger partial charge in [-0.05, 0) is 47.9 Å². The van der Waals surface area contributed by atoms with Gasteiger partial charge in [-0.15, -0.1) is 0 Å². The van der Waals surface area contributed by atoms with Crippen LogP contribution in [0.2, 0.25) is 0 Å². The van der Waals surface area contributed by atoms with Crippen molar-refractivity contribution in [1.29, 1.82) is 0 Å². The molecule has 106 valence electrons. The number of hydrogen-bond acceptors (Lipinski definition) is 3. The van der Waals surface area contributed by atoms with Crippen LogP contribution in [0.15, 0.2) is 46.9 Å². The highest BCUT2D eigenvalue weighted by Crippen LogP contribution is 2.28. The van der Waals surface area contributed by atoms with E-state index in [2.05, 4.69) is 15.9 Å². The van der Waals surface area contributed by atoms with E-state index in [0.717, 1.165) is 27.1 Å². The normalized spacial score (nSPS) is 12.0. The van der Waals surface area contributed by atoms with Gasteiger partial charge in [-0.3, -0.25) is 0 Å². The predicted molar refractivity (Wildman–Crippen MR) is 84.3 cm³/mol. The van der Waals surface area contributed by atoms with Gasteiger partial charge in [0.1, 0.15) is 11.5 Å². The summed E-state index contributed by atoms with van der Waals surface area (Å²) in [4.78, 5) is 0. The van der Waals surface area contributed by atoms with Crippen molar-refractivity contribution in [2.75, 3.05) is 14.2 Å². The van der Waals surface area contributed by atoms with Crippen molar-refractivity contribution in [2.24, 2.45) is 5.73 Å². The van der Waals surface area contributed by atoms with Crippen LogP contribution in [-0.4, -0.2) is 14.2 Å². The van der Waals surface area contributed by atoms with Crippen molar-refractivity contribution in [3.8, 4) is 11.5 Å². The van der Waals surface area contributed by atoms with E-state index in [-0.39, 0.29) is 6.04 Å². The molecule has 0 heterocycles. The van der Waals surface area contributed by atoms with E-state index in [1.165, 1.54) is 0 Å². The zero-order valence-electron chi connectivity index (χ0n) is 11.6. The van der Waals surface area contributed by atoms with Gasteiger partial charge in [-0.1, -0.05) is 28.1 Å². The van der Waals surface area contributed by atoms with Gasteiger partial charge in [0, 0.05) is 10.5 Å². The zero-order chi connectivity index (χ0) is 14.5. The number of hydrogen-bond donors (Lipinski definition) is 1. The number of ether oxygens (including phenoxy) is 2. The zero-order valence-corrected chi connectivity index (χ0v) is 13.2. The summed E-state index contributed by atoms with van der Waals surface area (Å²) in [6.45, 7) is 0. The first-order chi connectivity index (χ1) is 9.63. The van der Waals surface area contributed by atoms with Crippen LogP contribution in [0.1, 0.15) is 17.2 Å². The van der Waals surface area contributed by atoms with Gasteiger partial charge in [0.15, 0.2) is 0 Å². The Morgan fingerprint density at radius 1 is 1.10 bits per heavy atom. The molecule has 2 rings (SSSR count). The summed E-state index contributed by atoms with van der Waals surface area (Å²) in [6.07, 6.45) is 0.704. The van der Waals surface area contributed by atoms with Gasteiger partial charge >= 0.3 is 0 Å². The molecule has 0 aliphatic carbocycles. The summed E-state index contributed by atoms with van der Waals surface area (Å²) < 4.78 is 11.6. The van der Waals surface area contributed by atoms with Gasteiger partial charge in [-0.25, -0.2) is 0 Å². The highest BCUT2D eigenvalue weighted by molar-refractivity contribution is 9.10. The molecule has 2 N–H and O–H groups in total. The van der Waals surface area contributed by atoms with Crippen molar-refractivity contribution in [1.82, 2.24) is 0 Å². The SMILES string of the molecule is COc1cccc(C(N)Cc2cc(Br)ccc2OC)c1. The first kappa shape index (κ1) is 14.9. The van der Waals surface area contributed by atoms with E-state index in [4.69, 9.17) is 15.2 Å². The minimum Gasteiger partial charge on any atom is -0.497 e. The van der Waals surface area contributed by atoms with Crippen molar-refractivity contribution >= 4 is 15.9 Å². The second-order valence-electron chi connectivity index (χ2n) is 4.54. The van der Waals surface area contributed by atoms with Crippen LogP contribution in [0.3, 0.4) is 0 Å². The molecule has 0 saturated carbocycles. The molecule has 0 radical (unpaired) electrons. The van der Waals surface area contributed by atoms with Gasteiger partial charge in [0.2, 0.25) is 0 Å². The Morgan fingerprint density at radius 2 is 1.90 bits per heavy atom. The lowest BCUT2D eigenvalue weighted by Gasteiger charge is -2.15. The Labute approximate surface area is 127 Å². The van der Waals surface area contributed by atoms with E-state index in [1.807, 2.05) is 42.5 Å². The molecule has 3 nitrogen and oxygen atoms in total. The Bertz CT molecular complexity index is 586. The number of methoxy groups -OCH3 is 2. The third-order valence-corrected chi connectivity index (χ3v) is 3.70. The number of halogens is 1. The maximum absolute atomic E-state index is 6.30. The summed E-state index contributed by atoms with van der Waals surface area (Å²) in [5, 5.41) is 0. The van der Waals surface area contributed by atoms with Gasteiger partial charge in [0.25, 0.3) is 0 Å². The van der Waals surface area contributed by atoms with Gasteiger partial charge < -0.3 is 15.2 Å². The molecule has 1 unspecified atom stereocenters. The fraction of sp³-hybridized carbons (Fsp3) is 0.250. The standard InChI is InChI=1S/C16H18BrNO2/c1-19-14-5-3-4-11(9-14)15(18)10-12-8-13(17)6-7-16(12)20-2/h3-9,15H,10,18H2,1-2H3. The van der Waals surface area contributed by atoms with Crippen LogP contribution in [0.25, 0.3) is 0 Å². The minimum absolute atomic E-state index is 0.103. The fourth-order valence-electron chi connectivity index (χ4n) is 2.13. The van der Waals surface area contributed by atoms with E-state index in [0.29, 0.717) is 6.42 Å². The lowest BCUT2D eigenvalue weighted by molar-refractivity contribution is 0.407. The summed E-state index contributed by atoms with van der Waals surface area (Å²) in [5.74, 6) is 1.67. The minimum atomic E-state index is -0.103. The lowest BCUT2D eigenvalue weighted by atomic mass is 9.99. The van der Waals surface area contributed by atoms with Crippen LogP contribution >= 0.6 is 15.9 Å². The molecule has 1 atom stereocenters. The molecule has 0 saturated heterocycles. The monoisotopic (exact) mass is 335 g/mol. The predicted octanol–water partition coefficient (Wildman–Crippen LogP) is 3.71. The quantitative estimate of drug-likeness (QED) is 0.905. The van der Waals surface area contributed by atoms with Crippen LogP contribution in [0.5, 0.6) is 11.5 Å². The molecule has 0 aliphatic rings. The van der Waals surface area contributed by atoms with E-state index in [1.54, 1.807) is 14.2 Å². The smallest absolute Gasteiger partial charge is 0.122 e. The van der Waals surface area contributed by atoms with Crippen molar-refractivity contribution in [3.63, 3.8) is 0 Å². The van der Waals surface area contributed by atoms with E-state index in [9.17, 15) is 0 Å². The number of rotatable bonds is 5. The molecule has 4 heteroatoms. The summed E-state index contributed by atoms with van der Waals surface area (Å²) >= 11 is 3.48. The molecule has 0 spiro atoms. The maximum Gasteiger partial charge on any atom is 0.122 e.